The first-order valence-corrected chi connectivity index (χ1v) is 5.89. The number of nitrogens with one attached hydrogen (secondary N) is 1. The van der Waals surface area contributed by atoms with E-state index >= 15 is 0 Å². The van der Waals surface area contributed by atoms with Crippen molar-refractivity contribution in [3.05, 3.63) is 29.3 Å². The summed E-state index contributed by atoms with van der Waals surface area (Å²) in [5.74, 6) is -1.38. The van der Waals surface area contributed by atoms with E-state index in [0.29, 0.717) is 18.8 Å². The zero-order chi connectivity index (χ0) is 14.7. The van der Waals surface area contributed by atoms with Gasteiger partial charge in [-0.3, -0.25) is 9.48 Å². The Labute approximate surface area is 114 Å². The molecule has 0 aliphatic rings. The van der Waals surface area contributed by atoms with E-state index in [1.165, 1.54) is 15.6 Å². The van der Waals surface area contributed by atoms with Crippen molar-refractivity contribution in [2.45, 2.75) is 13.5 Å². The number of carboxylic acids is 1. The van der Waals surface area contributed by atoms with Crippen LogP contribution in [0.3, 0.4) is 0 Å². The van der Waals surface area contributed by atoms with Gasteiger partial charge in [-0.05, 0) is 13.0 Å². The van der Waals surface area contributed by atoms with E-state index in [9.17, 15) is 9.59 Å². The molecule has 2 rings (SSSR count). The number of hydrogen-bond donors (Lipinski definition) is 2. The van der Waals surface area contributed by atoms with Crippen molar-refractivity contribution in [2.24, 2.45) is 7.05 Å². The van der Waals surface area contributed by atoms with Crippen LogP contribution in [0.4, 0.5) is 0 Å². The number of aromatic carboxylic acids is 1. The highest BCUT2D eigenvalue weighted by molar-refractivity contribution is 5.92. The monoisotopic (exact) mass is 278 g/mol. The molecule has 0 aliphatic heterocycles. The molecule has 0 unspecified atom stereocenters. The van der Waals surface area contributed by atoms with Crippen LogP contribution < -0.4 is 5.32 Å². The van der Waals surface area contributed by atoms with Crippen molar-refractivity contribution < 1.29 is 14.7 Å². The maximum absolute atomic E-state index is 11.9. The summed E-state index contributed by atoms with van der Waals surface area (Å²) in [6.45, 7) is 2.45. The highest BCUT2D eigenvalue weighted by Crippen LogP contribution is 2.01. The molecule has 9 nitrogen and oxygen atoms in total. The van der Waals surface area contributed by atoms with Gasteiger partial charge in [-0.25, -0.2) is 9.48 Å². The summed E-state index contributed by atoms with van der Waals surface area (Å²) < 4.78 is 2.86. The van der Waals surface area contributed by atoms with E-state index in [0.717, 1.165) is 5.69 Å². The van der Waals surface area contributed by atoms with Gasteiger partial charge in [0.2, 0.25) is 0 Å². The van der Waals surface area contributed by atoms with E-state index in [-0.39, 0.29) is 11.6 Å². The summed E-state index contributed by atoms with van der Waals surface area (Å²) in [6, 6.07) is 1.69. The predicted octanol–water partition coefficient (Wildman–Crippen LogP) is -0.552. The van der Waals surface area contributed by atoms with Gasteiger partial charge >= 0.3 is 5.97 Å². The van der Waals surface area contributed by atoms with Crippen molar-refractivity contribution in [1.29, 1.82) is 0 Å². The van der Waals surface area contributed by atoms with Crippen molar-refractivity contribution >= 4 is 11.9 Å². The van der Waals surface area contributed by atoms with Crippen molar-refractivity contribution in [3.8, 4) is 0 Å². The van der Waals surface area contributed by atoms with Gasteiger partial charge in [-0.1, -0.05) is 5.21 Å². The minimum atomic E-state index is -1.13. The van der Waals surface area contributed by atoms with Gasteiger partial charge < -0.3 is 10.4 Å². The maximum Gasteiger partial charge on any atom is 0.358 e. The zero-order valence-electron chi connectivity index (χ0n) is 11.1. The number of aromatic nitrogens is 5. The maximum atomic E-state index is 11.9. The molecule has 0 saturated heterocycles. The van der Waals surface area contributed by atoms with Gasteiger partial charge in [0.1, 0.15) is 5.69 Å². The van der Waals surface area contributed by atoms with Crippen LogP contribution in [0.1, 0.15) is 26.7 Å². The largest absolute Gasteiger partial charge is 0.476 e. The first-order chi connectivity index (χ1) is 9.47. The molecule has 2 aromatic rings. The van der Waals surface area contributed by atoms with Crippen molar-refractivity contribution in [3.63, 3.8) is 0 Å². The first-order valence-electron chi connectivity index (χ1n) is 5.89. The molecule has 2 aromatic heterocycles. The Kier molecular flexibility index (Phi) is 3.78. The molecule has 106 valence electrons. The molecule has 0 bridgehead atoms. The van der Waals surface area contributed by atoms with Crippen molar-refractivity contribution in [1.82, 2.24) is 30.1 Å². The number of carboxylic acid groups (broad SMARTS) is 1. The summed E-state index contributed by atoms with van der Waals surface area (Å²) in [5, 5.41) is 22.6. The summed E-state index contributed by atoms with van der Waals surface area (Å²) >= 11 is 0. The Morgan fingerprint density at radius 1 is 1.45 bits per heavy atom. The molecule has 1 amide bonds. The Bertz CT molecular complexity index is 644. The molecule has 0 aromatic carbocycles. The number of carbonyl (C=O) groups excluding carboxylic acids is 1. The normalized spacial score (nSPS) is 10.5. The zero-order valence-corrected chi connectivity index (χ0v) is 11.1. The fraction of sp³-hybridized carbons (Fsp3) is 0.364. The van der Waals surface area contributed by atoms with Crippen LogP contribution in [0.15, 0.2) is 12.3 Å². The molecule has 0 atom stereocenters. The third kappa shape index (κ3) is 2.99. The number of rotatable bonds is 5. The molecule has 2 N–H and O–H groups in total. The highest BCUT2D eigenvalue weighted by atomic mass is 16.4. The Morgan fingerprint density at radius 2 is 2.20 bits per heavy atom. The van der Waals surface area contributed by atoms with Crippen LogP contribution in [0.5, 0.6) is 0 Å². The van der Waals surface area contributed by atoms with Crippen LogP contribution in [0.25, 0.3) is 0 Å². The summed E-state index contributed by atoms with van der Waals surface area (Å²) in [5.41, 5.74) is 1.10. The topological polar surface area (TPSA) is 115 Å². The average molecular weight is 278 g/mol. The van der Waals surface area contributed by atoms with Gasteiger partial charge in [0.15, 0.2) is 5.69 Å². The Balaban J connectivity index is 1.87. The van der Waals surface area contributed by atoms with Crippen LogP contribution >= 0.6 is 0 Å². The van der Waals surface area contributed by atoms with Crippen LogP contribution in [0, 0.1) is 6.92 Å². The third-order valence-electron chi connectivity index (χ3n) is 2.62. The van der Waals surface area contributed by atoms with E-state index < -0.39 is 5.97 Å². The second-order valence-corrected chi connectivity index (χ2v) is 4.22. The third-order valence-corrected chi connectivity index (χ3v) is 2.62. The van der Waals surface area contributed by atoms with Gasteiger partial charge in [0, 0.05) is 13.6 Å². The lowest BCUT2D eigenvalue weighted by Crippen LogP contribution is -2.29. The lowest BCUT2D eigenvalue weighted by Gasteiger charge is -2.04. The number of carbonyl (C=O) groups is 2. The lowest BCUT2D eigenvalue weighted by molar-refractivity contribution is 0.0690. The number of nitrogens with zero attached hydrogens (tertiary/aromatic N) is 5. The molecule has 20 heavy (non-hydrogen) atoms. The van der Waals surface area contributed by atoms with Gasteiger partial charge in [0.05, 0.1) is 18.4 Å². The molecule has 0 saturated carbocycles. The Morgan fingerprint density at radius 3 is 2.75 bits per heavy atom. The van der Waals surface area contributed by atoms with Crippen LogP contribution in [-0.4, -0.2) is 48.3 Å². The van der Waals surface area contributed by atoms with Gasteiger partial charge in [-0.15, -0.1) is 5.10 Å². The molecule has 0 spiro atoms. The van der Waals surface area contributed by atoms with E-state index in [2.05, 4.69) is 20.7 Å². The van der Waals surface area contributed by atoms with Gasteiger partial charge in [-0.2, -0.15) is 5.10 Å². The second kappa shape index (κ2) is 5.51. The number of hydrogen-bond acceptors (Lipinski definition) is 5. The lowest BCUT2D eigenvalue weighted by atomic mass is 10.3. The minimum absolute atomic E-state index is 0.126. The molecule has 0 radical (unpaired) electrons. The van der Waals surface area contributed by atoms with E-state index in [1.54, 1.807) is 20.0 Å². The van der Waals surface area contributed by atoms with Crippen LogP contribution in [-0.2, 0) is 13.6 Å². The van der Waals surface area contributed by atoms with E-state index in [4.69, 9.17) is 5.11 Å². The summed E-state index contributed by atoms with van der Waals surface area (Å²) in [6.07, 6.45) is 1.31. The molecule has 2 heterocycles. The Hall–Kier alpha value is -2.71. The smallest absolute Gasteiger partial charge is 0.358 e. The number of aryl methyl sites for hydroxylation is 2. The fourth-order valence-electron chi connectivity index (χ4n) is 1.70. The molecular weight excluding hydrogens is 264 g/mol. The standard InChI is InChI=1S/C11H14N6O3/c1-7-5-9(16(2)14-7)10(18)12-3-4-17-6-8(11(19)20)13-15-17/h5-6H,3-4H2,1-2H3,(H,12,18)(H,19,20). The van der Waals surface area contributed by atoms with Gasteiger partial charge in [0.25, 0.3) is 5.91 Å². The highest BCUT2D eigenvalue weighted by Gasteiger charge is 2.12. The van der Waals surface area contributed by atoms with Crippen molar-refractivity contribution in [2.75, 3.05) is 6.54 Å². The predicted molar refractivity (Wildman–Crippen MR) is 67.3 cm³/mol. The molecule has 0 aliphatic carbocycles. The molecule has 9 heteroatoms. The molecule has 0 fully saturated rings. The van der Waals surface area contributed by atoms with E-state index in [1.807, 2.05) is 0 Å². The SMILES string of the molecule is Cc1cc(C(=O)NCCn2cc(C(=O)O)nn2)n(C)n1. The van der Waals surface area contributed by atoms with Crippen LogP contribution in [0.2, 0.25) is 0 Å². The fourth-order valence-corrected chi connectivity index (χ4v) is 1.70. The quantitative estimate of drug-likeness (QED) is 0.758. The summed E-state index contributed by atoms with van der Waals surface area (Å²) in [4.78, 5) is 22.5. The first kappa shape index (κ1) is 13.7. The number of amides is 1. The minimum Gasteiger partial charge on any atom is -0.476 e. The average Bonchev–Trinajstić information content (AvgIpc) is 2.96. The molecular formula is C11H14N6O3. The summed E-state index contributed by atoms with van der Waals surface area (Å²) in [7, 11) is 1.69. The second-order valence-electron chi connectivity index (χ2n) is 4.22.